The lowest BCUT2D eigenvalue weighted by atomic mass is 10.1. The predicted molar refractivity (Wildman–Crippen MR) is 117 cm³/mol. The third-order valence-corrected chi connectivity index (χ3v) is 6.75. The Morgan fingerprint density at radius 2 is 1.73 bits per heavy atom. The first-order chi connectivity index (χ1) is 14.5. The number of aromatic nitrogens is 1. The topological polar surface area (TPSA) is 101 Å². The summed E-state index contributed by atoms with van der Waals surface area (Å²) in [5.74, 6) is -0.264. The van der Waals surface area contributed by atoms with E-state index in [2.05, 4.69) is 19.9 Å². The molecule has 1 saturated heterocycles. The van der Waals surface area contributed by atoms with Crippen molar-refractivity contribution < 1.29 is 17.9 Å². The molecule has 10 heteroatoms. The number of hydrogen-bond donors (Lipinski definition) is 2. The van der Waals surface area contributed by atoms with Gasteiger partial charge in [0.05, 0.1) is 18.1 Å². The first-order valence-electron chi connectivity index (χ1n) is 9.28. The predicted octanol–water partition coefficient (Wildman–Crippen LogP) is 3.03. The fourth-order valence-corrected chi connectivity index (χ4v) is 4.80. The van der Waals surface area contributed by atoms with Crippen LogP contribution in [0.3, 0.4) is 0 Å². The van der Waals surface area contributed by atoms with Crippen molar-refractivity contribution in [2.45, 2.75) is 4.90 Å². The van der Waals surface area contributed by atoms with E-state index >= 15 is 0 Å². The van der Waals surface area contributed by atoms with Gasteiger partial charge in [-0.3, -0.25) is 9.52 Å². The highest BCUT2D eigenvalue weighted by Crippen LogP contribution is 2.21. The van der Waals surface area contributed by atoms with Crippen molar-refractivity contribution in [1.82, 2.24) is 4.98 Å². The van der Waals surface area contributed by atoms with Gasteiger partial charge in [0.25, 0.3) is 15.9 Å². The van der Waals surface area contributed by atoms with Gasteiger partial charge < -0.3 is 15.0 Å². The molecule has 1 amide bonds. The van der Waals surface area contributed by atoms with Crippen LogP contribution in [0.5, 0.6) is 0 Å². The lowest BCUT2D eigenvalue weighted by molar-refractivity contribution is 0.102. The molecule has 1 aliphatic heterocycles. The zero-order valence-corrected chi connectivity index (χ0v) is 17.6. The van der Waals surface area contributed by atoms with Gasteiger partial charge in [-0.25, -0.2) is 13.4 Å². The molecule has 4 rings (SSSR count). The number of rotatable bonds is 6. The molecule has 0 spiro atoms. The molecule has 30 heavy (non-hydrogen) atoms. The number of nitrogens with zero attached hydrogens (tertiary/aromatic N) is 2. The minimum Gasteiger partial charge on any atom is -0.378 e. The fourth-order valence-electron chi connectivity index (χ4n) is 3.01. The molecule has 2 N–H and O–H groups in total. The van der Waals surface area contributed by atoms with Gasteiger partial charge in [0, 0.05) is 41.6 Å². The van der Waals surface area contributed by atoms with Gasteiger partial charge in [-0.05, 0) is 48.5 Å². The molecule has 0 unspecified atom stereocenters. The molecule has 1 fully saturated rings. The van der Waals surface area contributed by atoms with E-state index in [0.29, 0.717) is 29.6 Å². The third kappa shape index (κ3) is 4.78. The molecular formula is C20H20N4O4S2. The molecule has 2 aromatic carbocycles. The maximum Gasteiger partial charge on any atom is 0.263 e. The number of anilines is 3. The molecule has 0 aliphatic carbocycles. The van der Waals surface area contributed by atoms with Gasteiger partial charge in [-0.2, -0.15) is 0 Å². The second-order valence-electron chi connectivity index (χ2n) is 6.57. The van der Waals surface area contributed by atoms with Crippen LogP contribution < -0.4 is 14.9 Å². The van der Waals surface area contributed by atoms with Gasteiger partial charge in [-0.15, -0.1) is 11.3 Å². The number of carbonyl (C=O) groups excluding carboxylic acids is 1. The molecule has 1 aliphatic rings. The summed E-state index contributed by atoms with van der Waals surface area (Å²) in [5.41, 5.74) is 2.08. The zero-order chi connectivity index (χ0) is 21.0. The van der Waals surface area contributed by atoms with E-state index in [1.807, 2.05) is 12.1 Å². The number of carbonyl (C=O) groups is 1. The van der Waals surface area contributed by atoms with E-state index in [1.165, 1.54) is 29.7 Å². The highest BCUT2D eigenvalue weighted by atomic mass is 32.2. The van der Waals surface area contributed by atoms with Crippen LogP contribution in [-0.4, -0.2) is 45.6 Å². The van der Waals surface area contributed by atoms with Crippen molar-refractivity contribution >= 4 is 43.8 Å². The van der Waals surface area contributed by atoms with E-state index in [4.69, 9.17) is 4.74 Å². The number of benzene rings is 2. The van der Waals surface area contributed by atoms with E-state index in [0.717, 1.165) is 18.8 Å². The van der Waals surface area contributed by atoms with Gasteiger partial charge in [0.15, 0.2) is 5.13 Å². The van der Waals surface area contributed by atoms with Crippen molar-refractivity contribution in [2.75, 3.05) is 41.2 Å². The van der Waals surface area contributed by atoms with Gasteiger partial charge >= 0.3 is 0 Å². The average molecular weight is 445 g/mol. The van der Waals surface area contributed by atoms with Crippen molar-refractivity contribution in [3.8, 4) is 0 Å². The quantitative estimate of drug-likeness (QED) is 0.606. The summed E-state index contributed by atoms with van der Waals surface area (Å²) in [5, 5.41) is 4.77. The molecular weight excluding hydrogens is 424 g/mol. The molecule has 3 aromatic rings. The molecule has 0 bridgehead atoms. The Morgan fingerprint density at radius 1 is 1.03 bits per heavy atom. The Kier molecular flexibility index (Phi) is 5.98. The van der Waals surface area contributed by atoms with Crippen LogP contribution in [0.1, 0.15) is 10.4 Å². The summed E-state index contributed by atoms with van der Waals surface area (Å²) >= 11 is 1.20. The van der Waals surface area contributed by atoms with Gasteiger partial charge in [0.2, 0.25) is 0 Å². The Hall–Kier alpha value is -2.95. The zero-order valence-electron chi connectivity index (χ0n) is 15.9. The summed E-state index contributed by atoms with van der Waals surface area (Å²) in [6.45, 7) is 3.07. The standard InChI is InChI=1S/C20H20N4O4S2/c25-19(15-1-5-17(6-2-15)24-10-12-28-13-11-24)22-16-3-7-18(8-4-16)30(26,27)23-20-21-9-14-29-20/h1-9,14H,10-13H2,(H,21,23)(H,22,25). The van der Waals surface area contributed by atoms with Crippen LogP contribution in [0, 0.1) is 0 Å². The largest absolute Gasteiger partial charge is 0.378 e. The minimum absolute atomic E-state index is 0.0885. The first-order valence-corrected chi connectivity index (χ1v) is 11.6. The van der Waals surface area contributed by atoms with Crippen LogP contribution in [0.15, 0.2) is 65.0 Å². The van der Waals surface area contributed by atoms with Crippen LogP contribution in [0.4, 0.5) is 16.5 Å². The molecule has 0 saturated carbocycles. The van der Waals surface area contributed by atoms with E-state index in [9.17, 15) is 13.2 Å². The number of hydrogen-bond acceptors (Lipinski definition) is 7. The molecule has 8 nitrogen and oxygen atoms in total. The van der Waals surface area contributed by atoms with Gasteiger partial charge in [0.1, 0.15) is 0 Å². The van der Waals surface area contributed by atoms with Crippen molar-refractivity contribution in [1.29, 1.82) is 0 Å². The third-order valence-electron chi connectivity index (χ3n) is 4.58. The first kappa shape index (κ1) is 20.3. The van der Waals surface area contributed by atoms with E-state index in [-0.39, 0.29) is 10.8 Å². The molecule has 1 aromatic heterocycles. The number of morpholine rings is 1. The van der Waals surface area contributed by atoms with Crippen molar-refractivity contribution in [3.63, 3.8) is 0 Å². The number of nitrogens with one attached hydrogen (secondary N) is 2. The maximum absolute atomic E-state index is 12.5. The highest BCUT2D eigenvalue weighted by molar-refractivity contribution is 7.93. The Bertz CT molecular complexity index is 1090. The average Bonchev–Trinajstić information content (AvgIpc) is 3.27. The second kappa shape index (κ2) is 8.82. The Labute approximate surface area is 178 Å². The smallest absolute Gasteiger partial charge is 0.263 e. The fraction of sp³-hybridized carbons (Fsp3) is 0.200. The van der Waals surface area contributed by atoms with Gasteiger partial charge in [-0.1, -0.05) is 0 Å². The van der Waals surface area contributed by atoms with Crippen LogP contribution in [-0.2, 0) is 14.8 Å². The molecule has 156 valence electrons. The monoisotopic (exact) mass is 444 g/mol. The van der Waals surface area contributed by atoms with E-state index < -0.39 is 10.0 Å². The van der Waals surface area contributed by atoms with E-state index in [1.54, 1.807) is 29.6 Å². The minimum atomic E-state index is -3.72. The maximum atomic E-state index is 12.5. The lowest BCUT2D eigenvalue weighted by Gasteiger charge is -2.28. The van der Waals surface area contributed by atoms with Crippen molar-refractivity contribution in [3.05, 3.63) is 65.7 Å². The molecule has 0 radical (unpaired) electrons. The Balaban J connectivity index is 1.39. The number of thiazole rings is 1. The summed E-state index contributed by atoms with van der Waals surface area (Å²) in [4.78, 5) is 18.7. The summed E-state index contributed by atoms with van der Waals surface area (Å²) in [7, 11) is -3.72. The normalized spacial score (nSPS) is 14.3. The number of amides is 1. The van der Waals surface area contributed by atoms with Crippen LogP contribution in [0.2, 0.25) is 0 Å². The van der Waals surface area contributed by atoms with Crippen LogP contribution >= 0.6 is 11.3 Å². The van der Waals surface area contributed by atoms with Crippen LogP contribution in [0.25, 0.3) is 0 Å². The molecule has 2 heterocycles. The van der Waals surface area contributed by atoms with Crippen molar-refractivity contribution in [2.24, 2.45) is 0 Å². The lowest BCUT2D eigenvalue weighted by Crippen LogP contribution is -2.36. The highest BCUT2D eigenvalue weighted by Gasteiger charge is 2.16. The second-order valence-corrected chi connectivity index (χ2v) is 9.14. The Morgan fingerprint density at radius 3 is 2.37 bits per heavy atom. The summed E-state index contributed by atoms with van der Waals surface area (Å²) < 4.78 is 32.5. The SMILES string of the molecule is O=C(Nc1ccc(S(=O)(=O)Nc2nccs2)cc1)c1ccc(N2CCOCC2)cc1. The number of ether oxygens (including phenoxy) is 1. The summed E-state index contributed by atoms with van der Waals surface area (Å²) in [6.07, 6.45) is 1.52. The summed E-state index contributed by atoms with van der Waals surface area (Å²) in [6, 6.07) is 13.4. The number of sulfonamides is 1. The molecule has 0 atom stereocenters.